The number of rotatable bonds is 7. The van der Waals surface area contributed by atoms with Crippen LogP contribution >= 0.6 is 11.3 Å². The topological polar surface area (TPSA) is 99.5 Å². The van der Waals surface area contributed by atoms with Gasteiger partial charge in [-0.3, -0.25) is 9.59 Å². The van der Waals surface area contributed by atoms with Crippen LogP contribution in [0.2, 0.25) is 0 Å². The van der Waals surface area contributed by atoms with E-state index in [0.717, 1.165) is 16.0 Å². The molecule has 2 heterocycles. The van der Waals surface area contributed by atoms with Gasteiger partial charge in [-0.05, 0) is 50.2 Å². The molecule has 1 unspecified atom stereocenters. The number of esters is 1. The van der Waals surface area contributed by atoms with Crippen molar-refractivity contribution >= 4 is 39.0 Å². The van der Waals surface area contributed by atoms with Crippen molar-refractivity contribution in [2.45, 2.75) is 20.0 Å². The third-order valence-corrected chi connectivity index (χ3v) is 5.75. The first kappa shape index (κ1) is 23.1. The van der Waals surface area contributed by atoms with Gasteiger partial charge in [0, 0.05) is 10.8 Å². The first-order valence-electron chi connectivity index (χ1n) is 10.4. The number of benzene rings is 2. The normalized spacial score (nSPS) is 11.7. The third kappa shape index (κ3) is 4.67. The molecule has 4 rings (SSSR count). The van der Waals surface area contributed by atoms with Gasteiger partial charge in [0.1, 0.15) is 16.6 Å². The van der Waals surface area contributed by atoms with Crippen LogP contribution in [0, 0.1) is 5.82 Å². The predicted molar refractivity (Wildman–Crippen MR) is 126 cm³/mol. The Hall–Kier alpha value is -4.05. The van der Waals surface area contributed by atoms with Gasteiger partial charge in [-0.1, -0.05) is 18.2 Å². The summed E-state index contributed by atoms with van der Waals surface area (Å²) in [6.07, 6.45) is -0.856. The summed E-state index contributed by atoms with van der Waals surface area (Å²) in [7, 11) is 0. The summed E-state index contributed by atoms with van der Waals surface area (Å²) in [6, 6.07) is 13.9. The van der Waals surface area contributed by atoms with Crippen LogP contribution in [0.25, 0.3) is 16.5 Å². The number of ether oxygens (including phenoxy) is 2. The van der Waals surface area contributed by atoms with Gasteiger partial charge in [0.2, 0.25) is 0 Å². The Balaban J connectivity index is 1.76. The highest BCUT2D eigenvalue weighted by Crippen LogP contribution is 2.31. The first-order valence-corrected chi connectivity index (χ1v) is 11.3. The zero-order chi connectivity index (χ0) is 24.2. The van der Waals surface area contributed by atoms with Gasteiger partial charge in [-0.2, -0.15) is 9.78 Å². The van der Waals surface area contributed by atoms with Crippen LogP contribution in [0.4, 0.5) is 9.39 Å². The molecule has 2 aromatic heterocycles. The second kappa shape index (κ2) is 9.84. The van der Waals surface area contributed by atoms with Gasteiger partial charge in [-0.25, -0.2) is 9.18 Å². The van der Waals surface area contributed by atoms with Crippen molar-refractivity contribution in [1.82, 2.24) is 9.78 Å². The van der Waals surface area contributed by atoms with Crippen LogP contribution in [0.5, 0.6) is 5.75 Å². The highest BCUT2D eigenvalue weighted by atomic mass is 32.1. The molecule has 4 aromatic rings. The van der Waals surface area contributed by atoms with E-state index in [1.54, 1.807) is 43.5 Å². The summed E-state index contributed by atoms with van der Waals surface area (Å²) >= 11 is 1.08. The van der Waals surface area contributed by atoms with Crippen LogP contribution < -0.4 is 15.6 Å². The molecule has 0 saturated carbocycles. The monoisotopic (exact) mass is 481 g/mol. The minimum Gasteiger partial charge on any atom is -0.481 e. The standard InChI is InChI=1S/C24H20FN3O5S/c1-3-32-24(31)20-18-13-34-22(26-21(29)14(2)33-17-7-5-4-6-8-17)19(18)23(30)28(27-20)16-11-9-15(25)10-12-16/h4-14H,3H2,1-2H3,(H,26,29). The Morgan fingerprint density at radius 3 is 2.53 bits per heavy atom. The molecule has 1 atom stereocenters. The van der Waals surface area contributed by atoms with Crippen molar-refractivity contribution in [2.75, 3.05) is 11.9 Å². The lowest BCUT2D eigenvalue weighted by molar-refractivity contribution is -0.122. The van der Waals surface area contributed by atoms with E-state index in [0.29, 0.717) is 5.75 Å². The lowest BCUT2D eigenvalue weighted by Gasteiger charge is -2.14. The number of nitrogens with one attached hydrogen (secondary N) is 1. The molecule has 0 spiro atoms. The van der Waals surface area contributed by atoms with Crippen molar-refractivity contribution in [1.29, 1.82) is 0 Å². The SMILES string of the molecule is CCOC(=O)c1nn(-c2ccc(F)cc2)c(=O)c2c(NC(=O)C(C)Oc3ccccc3)scc12. The summed E-state index contributed by atoms with van der Waals surface area (Å²) in [5, 5.41) is 9.02. The number of amides is 1. The summed E-state index contributed by atoms with van der Waals surface area (Å²) in [6.45, 7) is 3.35. The average Bonchev–Trinajstić information content (AvgIpc) is 3.25. The zero-order valence-electron chi connectivity index (χ0n) is 18.3. The second-order valence-electron chi connectivity index (χ2n) is 7.18. The third-order valence-electron chi connectivity index (χ3n) is 4.85. The molecule has 1 amide bonds. The number of carbonyl (C=O) groups excluding carboxylic acids is 2. The van der Waals surface area contributed by atoms with E-state index in [9.17, 15) is 18.8 Å². The van der Waals surface area contributed by atoms with E-state index >= 15 is 0 Å². The maximum atomic E-state index is 13.4. The molecule has 0 saturated heterocycles. The van der Waals surface area contributed by atoms with Gasteiger partial charge >= 0.3 is 5.97 Å². The number of nitrogens with zero attached hydrogens (tertiary/aromatic N) is 2. The van der Waals surface area contributed by atoms with E-state index in [1.807, 2.05) is 6.07 Å². The van der Waals surface area contributed by atoms with Gasteiger partial charge in [0.25, 0.3) is 11.5 Å². The minimum absolute atomic E-state index is 0.0904. The summed E-state index contributed by atoms with van der Waals surface area (Å²) < 4.78 is 25.2. The Kier molecular flexibility index (Phi) is 6.69. The van der Waals surface area contributed by atoms with Crippen LogP contribution in [0.3, 0.4) is 0 Å². The molecule has 10 heteroatoms. The smallest absolute Gasteiger partial charge is 0.359 e. The van der Waals surface area contributed by atoms with Crippen molar-refractivity contribution in [3.8, 4) is 11.4 Å². The van der Waals surface area contributed by atoms with E-state index in [4.69, 9.17) is 9.47 Å². The molecule has 34 heavy (non-hydrogen) atoms. The summed E-state index contributed by atoms with van der Waals surface area (Å²) in [5.74, 6) is -1.16. The predicted octanol–water partition coefficient (Wildman–Crippen LogP) is 4.17. The fourth-order valence-corrected chi connectivity index (χ4v) is 4.16. The van der Waals surface area contributed by atoms with Crippen LogP contribution in [0.15, 0.2) is 64.8 Å². The maximum absolute atomic E-state index is 13.4. The van der Waals surface area contributed by atoms with Gasteiger partial charge < -0.3 is 14.8 Å². The molecule has 2 aromatic carbocycles. The van der Waals surface area contributed by atoms with Crippen molar-refractivity contribution in [3.05, 3.63) is 81.8 Å². The number of thiophene rings is 1. The molecule has 0 radical (unpaired) electrons. The quantitative estimate of drug-likeness (QED) is 0.398. The number of aromatic nitrogens is 2. The average molecular weight is 482 g/mol. The highest BCUT2D eigenvalue weighted by molar-refractivity contribution is 7.16. The Labute approximate surface area is 197 Å². The molecule has 0 aliphatic heterocycles. The largest absolute Gasteiger partial charge is 0.481 e. The van der Waals surface area contributed by atoms with Crippen molar-refractivity contribution < 1.29 is 23.5 Å². The van der Waals surface area contributed by atoms with E-state index in [2.05, 4.69) is 10.4 Å². The first-order chi connectivity index (χ1) is 16.4. The molecule has 1 N–H and O–H groups in total. The van der Waals surface area contributed by atoms with Gasteiger partial charge in [0.15, 0.2) is 11.8 Å². The summed E-state index contributed by atoms with van der Waals surface area (Å²) in [5.41, 5.74) is -0.419. The molecule has 0 aliphatic rings. The lowest BCUT2D eigenvalue weighted by atomic mass is 10.2. The highest BCUT2D eigenvalue weighted by Gasteiger charge is 2.24. The Bertz CT molecular complexity index is 1400. The maximum Gasteiger partial charge on any atom is 0.359 e. The minimum atomic E-state index is -0.856. The fraction of sp³-hybridized carbons (Fsp3) is 0.167. The molecule has 174 valence electrons. The number of para-hydroxylation sites is 1. The van der Waals surface area contributed by atoms with Crippen LogP contribution in [0.1, 0.15) is 24.3 Å². The van der Waals surface area contributed by atoms with Crippen molar-refractivity contribution in [2.24, 2.45) is 0 Å². The number of carbonyl (C=O) groups is 2. The zero-order valence-corrected chi connectivity index (χ0v) is 19.1. The molecule has 0 bridgehead atoms. The van der Waals surface area contributed by atoms with Crippen molar-refractivity contribution in [3.63, 3.8) is 0 Å². The van der Waals surface area contributed by atoms with E-state index in [1.165, 1.54) is 24.3 Å². The number of fused-ring (bicyclic) bond motifs is 1. The van der Waals surface area contributed by atoms with Crippen LogP contribution in [-0.4, -0.2) is 34.4 Å². The second-order valence-corrected chi connectivity index (χ2v) is 8.06. The molecular weight excluding hydrogens is 461 g/mol. The molecule has 0 aliphatic carbocycles. The number of halogens is 1. The Morgan fingerprint density at radius 2 is 1.85 bits per heavy atom. The molecule has 8 nitrogen and oxygen atoms in total. The fourth-order valence-electron chi connectivity index (χ4n) is 3.22. The molecular formula is C24H20FN3O5S. The van der Waals surface area contributed by atoms with Gasteiger partial charge in [-0.15, -0.1) is 11.3 Å². The number of anilines is 1. The Morgan fingerprint density at radius 1 is 1.15 bits per heavy atom. The van der Waals surface area contributed by atoms with Crippen LogP contribution in [-0.2, 0) is 9.53 Å². The summed E-state index contributed by atoms with van der Waals surface area (Å²) in [4.78, 5) is 38.7. The lowest BCUT2D eigenvalue weighted by Crippen LogP contribution is -2.31. The van der Waals surface area contributed by atoms with E-state index < -0.39 is 29.4 Å². The van der Waals surface area contributed by atoms with Gasteiger partial charge in [0.05, 0.1) is 17.7 Å². The van der Waals surface area contributed by atoms with E-state index in [-0.39, 0.29) is 33.8 Å². The molecule has 0 fully saturated rings. The number of hydrogen-bond acceptors (Lipinski definition) is 7. The number of hydrogen-bond donors (Lipinski definition) is 1.